The normalized spacial score (nSPS) is 13.0. The first-order valence-corrected chi connectivity index (χ1v) is 4.76. The Kier molecular flexibility index (Phi) is 2.56. The van der Waals surface area contributed by atoms with Crippen LogP contribution in [0.25, 0.3) is 10.8 Å². The van der Waals surface area contributed by atoms with Gasteiger partial charge in [0.15, 0.2) is 0 Å². The quantitative estimate of drug-likeness (QED) is 0.650. The van der Waals surface area contributed by atoms with Crippen LogP contribution in [0.2, 0.25) is 0 Å². The SMILES string of the molecule is FC(F)(F)C(F)(F)c1ccc2ccccc2c1. The second-order valence-corrected chi connectivity index (χ2v) is 3.63. The summed E-state index contributed by atoms with van der Waals surface area (Å²) >= 11 is 0. The molecule has 0 bridgehead atoms. The van der Waals surface area contributed by atoms with E-state index in [1.807, 2.05) is 0 Å². The summed E-state index contributed by atoms with van der Waals surface area (Å²) in [5.41, 5.74) is -1.04. The van der Waals surface area contributed by atoms with Crippen molar-refractivity contribution in [3.63, 3.8) is 0 Å². The molecule has 17 heavy (non-hydrogen) atoms. The number of fused-ring (bicyclic) bond motifs is 1. The van der Waals surface area contributed by atoms with Gasteiger partial charge in [0.1, 0.15) is 0 Å². The molecule has 0 radical (unpaired) electrons. The lowest BCUT2D eigenvalue weighted by atomic mass is 10.0. The number of hydrogen-bond donors (Lipinski definition) is 0. The highest BCUT2D eigenvalue weighted by Gasteiger charge is 2.58. The van der Waals surface area contributed by atoms with Crippen LogP contribution >= 0.6 is 0 Å². The first-order chi connectivity index (χ1) is 7.82. The third kappa shape index (κ3) is 1.97. The summed E-state index contributed by atoms with van der Waals surface area (Å²) in [5.74, 6) is -4.82. The topological polar surface area (TPSA) is 0 Å². The van der Waals surface area contributed by atoms with Crippen molar-refractivity contribution >= 4 is 10.8 Å². The molecule has 0 atom stereocenters. The highest BCUT2D eigenvalue weighted by Crippen LogP contribution is 2.44. The van der Waals surface area contributed by atoms with E-state index in [9.17, 15) is 22.0 Å². The van der Waals surface area contributed by atoms with Crippen molar-refractivity contribution in [2.75, 3.05) is 0 Å². The van der Waals surface area contributed by atoms with Crippen LogP contribution in [0.5, 0.6) is 0 Å². The van der Waals surface area contributed by atoms with Gasteiger partial charge in [0.25, 0.3) is 0 Å². The first kappa shape index (κ1) is 11.8. The maximum absolute atomic E-state index is 13.1. The fourth-order valence-corrected chi connectivity index (χ4v) is 1.55. The second-order valence-electron chi connectivity index (χ2n) is 3.63. The van der Waals surface area contributed by atoms with Crippen LogP contribution in [0.4, 0.5) is 22.0 Å². The Morgan fingerprint density at radius 2 is 1.29 bits per heavy atom. The van der Waals surface area contributed by atoms with Crippen molar-refractivity contribution in [3.8, 4) is 0 Å². The Bertz CT molecular complexity index is 542. The molecule has 2 aromatic rings. The van der Waals surface area contributed by atoms with E-state index in [2.05, 4.69) is 0 Å². The molecule has 0 N–H and O–H groups in total. The van der Waals surface area contributed by atoms with E-state index < -0.39 is 17.7 Å². The summed E-state index contributed by atoms with van der Waals surface area (Å²) in [7, 11) is 0. The Morgan fingerprint density at radius 3 is 1.88 bits per heavy atom. The summed E-state index contributed by atoms with van der Waals surface area (Å²) in [5, 5.41) is 0.975. The Labute approximate surface area is 93.7 Å². The lowest BCUT2D eigenvalue weighted by Crippen LogP contribution is -2.33. The van der Waals surface area contributed by atoms with E-state index in [0.29, 0.717) is 10.8 Å². The number of rotatable bonds is 1. The zero-order valence-corrected chi connectivity index (χ0v) is 8.43. The average Bonchev–Trinajstić information content (AvgIpc) is 2.27. The van der Waals surface area contributed by atoms with Crippen molar-refractivity contribution in [2.45, 2.75) is 12.1 Å². The van der Waals surface area contributed by atoms with Gasteiger partial charge in [0, 0.05) is 5.56 Å². The van der Waals surface area contributed by atoms with Crippen molar-refractivity contribution in [3.05, 3.63) is 48.0 Å². The summed E-state index contributed by atoms with van der Waals surface area (Å²) in [6.45, 7) is 0. The fourth-order valence-electron chi connectivity index (χ4n) is 1.55. The van der Waals surface area contributed by atoms with Gasteiger partial charge in [-0.05, 0) is 16.8 Å². The minimum Gasteiger partial charge on any atom is -0.191 e. The van der Waals surface area contributed by atoms with Gasteiger partial charge in [0.2, 0.25) is 0 Å². The van der Waals surface area contributed by atoms with E-state index in [4.69, 9.17) is 0 Å². The van der Waals surface area contributed by atoms with Crippen LogP contribution in [-0.4, -0.2) is 6.18 Å². The van der Waals surface area contributed by atoms with E-state index in [-0.39, 0.29) is 0 Å². The monoisotopic (exact) mass is 246 g/mol. The molecule has 0 heterocycles. The van der Waals surface area contributed by atoms with E-state index in [1.165, 1.54) is 12.1 Å². The van der Waals surface area contributed by atoms with E-state index >= 15 is 0 Å². The molecule has 0 aliphatic rings. The molecule has 90 valence electrons. The molecule has 0 aromatic heterocycles. The van der Waals surface area contributed by atoms with Crippen molar-refractivity contribution in [2.24, 2.45) is 0 Å². The molecular weight excluding hydrogens is 239 g/mol. The van der Waals surface area contributed by atoms with Crippen LogP contribution in [-0.2, 0) is 5.92 Å². The molecule has 0 spiro atoms. The van der Waals surface area contributed by atoms with Crippen LogP contribution < -0.4 is 0 Å². The molecular formula is C12H7F5. The summed E-state index contributed by atoms with van der Waals surface area (Å²) in [4.78, 5) is 0. The van der Waals surface area contributed by atoms with Crippen LogP contribution in [0, 0.1) is 0 Å². The molecule has 0 saturated carbocycles. The molecule has 2 aromatic carbocycles. The fraction of sp³-hybridized carbons (Fsp3) is 0.167. The highest BCUT2D eigenvalue weighted by molar-refractivity contribution is 5.83. The van der Waals surface area contributed by atoms with E-state index in [0.717, 1.165) is 12.1 Å². The molecule has 0 unspecified atom stereocenters. The zero-order chi connectivity index (χ0) is 12.7. The highest BCUT2D eigenvalue weighted by atomic mass is 19.4. The summed E-state index contributed by atoms with van der Waals surface area (Å²) < 4.78 is 62.6. The smallest absolute Gasteiger partial charge is 0.191 e. The van der Waals surface area contributed by atoms with Gasteiger partial charge >= 0.3 is 12.1 Å². The number of hydrogen-bond acceptors (Lipinski definition) is 0. The number of halogens is 5. The molecule has 0 nitrogen and oxygen atoms in total. The predicted molar refractivity (Wildman–Crippen MR) is 53.9 cm³/mol. The van der Waals surface area contributed by atoms with Gasteiger partial charge < -0.3 is 0 Å². The first-order valence-electron chi connectivity index (χ1n) is 4.76. The van der Waals surface area contributed by atoms with Gasteiger partial charge in [0.05, 0.1) is 0 Å². The maximum Gasteiger partial charge on any atom is 0.458 e. The molecule has 5 heteroatoms. The lowest BCUT2D eigenvalue weighted by Gasteiger charge is -2.20. The number of benzene rings is 2. The van der Waals surface area contributed by atoms with Gasteiger partial charge in [-0.3, -0.25) is 0 Å². The minimum atomic E-state index is -5.57. The second kappa shape index (κ2) is 3.68. The largest absolute Gasteiger partial charge is 0.458 e. The van der Waals surface area contributed by atoms with Gasteiger partial charge in [-0.2, -0.15) is 22.0 Å². The minimum absolute atomic E-state index is 0.355. The standard InChI is InChI=1S/C12H7F5/c13-11(14,12(15,16)17)10-6-5-8-3-1-2-4-9(8)7-10/h1-7H. The molecule has 0 aliphatic heterocycles. The average molecular weight is 246 g/mol. The molecule has 0 aliphatic carbocycles. The van der Waals surface area contributed by atoms with Crippen LogP contribution in [0.15, 0.2) is 42.5 Å². The molecule has 0 amide bonds. The Balaban J connectivity index is 2.57. The Morgan fingerprint density at radius 1 is 0.706 bits per heavy atom. The molecule has 2 rings (SSSR count). The van der Waals surface area contributed by atoms with Crippen LogP contribution in [0.3, 0.4) is 0 Å². The van der Waals surface area contributed by atoms with Crippen molar-refractivity contribution < 1.29 is 22.0 Å². The van der Waals surface area contributed by atoms with Gasteiger partial charge in [-0.15, -0.1) is 0 Å². The molecule has 0 fully saturated rings. The van der Waals surface area contributed by atoms with Gasteiger partial charge in [-0.1, -0.05) is 36.4 Å². The van der Waals surface area contributed by atoms with Crippen LogP contribution in [0.1, 0.15) is 5.56 Å². The zero-order valence-electron chi connectivity index (χ0n) is 8.43. The molecule has 0 saturated heterocycles. The van der Waals surface area contributed by atoms with Crippen molar-refractivity contribution in [1.29, 1.82) is 0 Å². The van der Waals surface area contributed by atoms with Gasteiger partial charge in [-0.25, -0.2) is 0 Å². The lowest BCUT2D eigenvalue weighted by molar-refractivity contribution is -0.289. The third-order valence-corrected chi connectivity index (χ3v) is 2.47. The van der Waals surface area contributed by atoms with Crippen molar-refractivity contribution in [1.82, 2.24) is 0 Å². The predicted octanol–water partition coefficient (Wildman–Crippen LogP) is 4.49. The Hall–Kier alpha value is -1.65. The summed E-state index contributed by atoms with van der Waals surface area (Å²) in [6.07, 6.45) is -5.57. The number of alkyl halides is 5. The maximum atomic E-state index is 13.1. The third-order valence-electron chi connectivity index (χ3n) is 2.47. The summed E-state index contributed by atoms with van der Waals surface area (Å²) in [6, 6.07) is 9.32. The van der Waals surface area contributed by atoms with E-state index in [1.54, 1.807) is 18.2 Å².